The molecular formula is C6H13N3OS. The summed E-state index contributed by atoms with van der Waals surface area (Å²) in [7, 11) is 1.65. The summed E-state index contributed by atoms with van der Waals surface area (Å²) in [5.41, 5.74) is 0. The molecule has 4 nitrogen and oxygen atoms in total. The van der Waals surface area contributed by atoms with Crippen molar-refractivity contribution in [3.8, 4) is 0 Å². The molecule has 0 atom stereocenters. The van der Waals surface area contributed by atoms with E-state index in [4.69, 9.17) is 0 Å². The largest absolute Gasteiger partial charge is 0.341 e. The number of carbonyl (C=O) groups is 1. The van der Waals surface area contributed by atoms with Gasteiger partial charge >= 0.3 is 6.03 Å². The second kappa shape index (κ2) is 3.82. The van der Waals surface area contributed by atoms with Crippen molar-refractivity contribution in [2.45, 2.75) is 0 Å². The van der Waals surface area contributed by atoms with Crippen LogP contribution in [0.25, 0.3) is 0 Å². The fraction of sp³-hybridized carbons (Fsp3) is 0.833. The molecule has 0 spiro atoms. The average molecular weight is 175 g/mol. The maximum absolute atomic E-state index is 11.0. The fourth-order valence-electron chi connectivity index (χ4n) is 1.06. The van der Waals surface area contributed by atoms with E-state index >= 15 is 0 Å². The van der Waals surface area contributed by atoms with E-state index in [2.05, 4.69) is 18.1 Å². The van der Waals surface area contributed by atoms with Crippen molar-refractivity contribution in [1.82, 2.24) is 14.5 Å². The van der Waals surface area contributed by atoms with Crippen molar-refractivity contribution in [3.05, 3.63) is 0 Å². The molecule has 0 aromatic carbocycles. The lowest BCUT2D eigenvalue weighted by molar-refractivity contribution is 0.178. The molecule has 1 heterocycles. The van der Waals surface area contributed by atoms with Gasteiger partial charge in [0.2, 0.25) is 0 Å². The van der Waals surface area contributed by atoms with E-state index < -0.39 is 0 Å². The minimum absolute atomic E-state index is 0.00596. The predicted molar refractivity (Wildman–Crippen MR) is 46.6 cm³/mol. The minimum atomic E-state index is 0.00596. The minimum Gasteiger partial charge on any atom is -0.341 e. The van der Waals surface area contributed by atoms with Crippen LogP contribution in [0.1, 0.15) is 0 Å². The molecule has 0 saturated carbocycles. The number of urea groups is 1. The lowest BCUT2D eigenvalue weighted by Crippen LogP contribution is -2.48. The van der Waals surface area contributed by atoms with Gasteiger partial charge in [-0.05, 0) is 0 Å². The number of piperazine rings is 1. The highest BCUT2D eigenvalue weighted by Gasteiger charge is 2.17. The zero-order chi connectivity index (χ0) is 8.27. The Hall–Kier alpha value is -0.420. The first-order chi connectivity index (χ1) is 5.24. The van der Waals surface area contributed by atoms with E-state index in [0.29, 0.717) is 0 Å². The second-order valence-corrected chi connectivity index (χ2v) is 3.06. The molecule has 1 N–H and O–H groups in total. The quantitative estimate of drug-likeness (QED) is 0.500. The van der Waals surface area contributed by atoms with Gasteiger partial charge in [-0.1, -0.05) is 12.8 Å². The molecule has 0 aromatic rings. The number of carbonyl (C=O) groups excluding carboxylic acids is 1. The highest BCUT2D eigenvalue weighted by Crippen LogP contribution is 2.02. The maximum Gasteiger partial charge on any atom is 0.317 e. The van der Waals surface area contributed by atoms with Crippen LogP contribution in [0.4, 0.5) is 4.79 Å². The van der Waals surface area contributed by atoms with Gasteiger partial charge < -0.3 is 10.2 Å². The molecule has 0 radical (unpaired) electrons. The molecule has 5 heteroatoms. The predicted octanol–water partition coefficient (Wildman–Crippen LogP) is -0.212. The fourth-order valence-corrected chi connectivity index (χ4v) is 1.24. The number of hydrogen-bond donors (Lipinski definition) is 2. The van der Waals surface area contributed by atoms with E-state index in [1.165, 1.54) is 0 Å². The average Bonchev–Trinajstić information content (AvgIpc) is 2.05. The molecule has 0 bridgehead atoms. The molecule has 1 saturated heterocycles. The molecule has 11 heavy (non-hydrogen) atoms. The summed E-state index contributed by atoms with van der Waals surface area (Å²) in [6.45, 7) is 3.22. The Labute approximate surface area is 72.1 Å². The molecule has 1 aliphatic heterocycles. The summed E-state index contributed by atoms with van der Waals surface area (Å²) in [5.74, 6) is 0. The Morgan fingerprint density at radius 1 is 1.36 bits per heavy atom. The second-order valence-electron chi connectivity index (χ2n) is 2.50. The van der Waals surface area contributed by atoms with Crippen molar-refractivity contribution in [2.75, 3.05) is 33.2 Å². The summed E-state index contributed by atoms with van der Waals surface area (Å²) in [6.07, 6.45) is 0. The molecule has 0 unspecified atom stereocenters. The van der Waals surface area contributed by atoms with Crippen LogP contribution in [-0.4, -0.2) is 48.5 Å². The third kappa shape index (κ3) is 2.27. The molecule has 0 aliphatic carbocycles. The van der Waals surface area contributed by atoms with Crippen molar-refractivity contribution in [2.24, 2.45) is 0 Å². The van der Waals surface area contributed by atoms with Gasteiger partial charge in [-0.3, -0.25) is 0 Å². The van der Waals surface area contributed by atoms with Gasteiger partial charge in [0.15, 0.2) is 0 Å². The topological polar surface area (TPSA) is 35.6 Å². The van der Waals surface area contributed by atoms with Crippen molar-refractivity contribution in [3.63, 3.8) is 0 Å². The van der Waals surface area contributed by atoms with Gasteiger partial charge in [-0.25, -0.2) is 9.10 Å². The summed E-state index contributed by atoms with van der Waals surface area (Å²) >= 11 is 4.17. The first-order valence-corrected chi connectivity index (χ1v) is 4.04. The lowest BCUT2D eigenvalue weighted by Gasteiger charge is -2.31. The molecule has 64 valence electrons. The number of rotatable bonds is 0. The van der Waals surface area contributed by atoms with Crippen LogP contribution in [0.3, 0.4) is 0 Å². The first-order valence-electron chi connectivity index (χ1n) is 3.64. The SMILES string of the molecule is CNC(=O)N1CCN(S)CC1. The van der Waals surface area contributed by atoms with Gasteiger partial charge in [0, 0.05) is 33.2 Å². The van der Waals surface area contributed by atoms with E-state index in [1.54, 1.807) is 11.9 Å². The summed E-state index contributed by atoms with van der Waals surface area (Å²) in [4.78, 5) is 12.8. The monoisotopic (exact) mass is 175 g/mol. The van der Waals surface area contributed by atoms with Crippen molar-refractivity contribution < 1.29 is 4.79 Å². The number of thiol groups is 1. The molecular weight excluding hydrogens is 162 g/mol. The van der Waals surface area contributed by atoms with Crippen LogP contribution in [-0.2, 0) is 0 Å². The van der Waals surface area contributed by atoms with E-state index in [9.17, 15) is 4.79 Å². The van der Waals surface area contributed by atoms with Gasteiger partial charge in [0.25, 0.3) is 0 Å². The Kier molecular flexibility index (Phi) is 3.02. The van der Waals surface area contributed by atoms with Crippen LogP contribution in [0.15, 0.2) is 0 Å². The van der Waals surface area contributed by atoms with Gasteiger partial charge in [-0.2, -0.15) is 0 Å². The highest BCUT2D eigenvalue weighted by atomic mass is 32.1. The molecule has 1 rings (SSSR count). The standard InChI is InChI=1S/C6H13N3OS/c1-7-6(10)8-2-4-9(11)5-3-8/h11H,2-5H2,1H3,(H,7,10). The third-order valence-corrected chi connectivity index (χ3v) is 2.16. The van der Waals surface area contributed by atoms with Crippen LogP contribution in [0.2, 0.25) is 0 Å². The van der Waals surface area contributed by atoms with Gasteiger partial charge in [-0.15, -0.1) is 0 Å². The van der Waals surface area contributed by atoms with Gasteiger partial charge in [0.1, 0.15) is 0 Å². The lowest BCUT2D eigenvalue weighted by atomic mass is 10.4. The van der Waals surface area contributed by atoms with Crippen LogP contribution in [0, 0.1) is 0 Å². The van der Waals surface area contributed by atoms with Crippen LogP contribution in [0.5, 0.6) is 0 Å². The maximum atomic E-state index is 11.0. The summed E-state index contributed by atoms with van der Waals surface area (Å²) < 4.78 is 1.92. The molecule has 1 aliphatic rings. The molecule has 1 fully saturated rings. The molecule has 0 aromatic heterocycles. The van der Waals surface area contributed by atoms with Gasteiger partial charge in [0.05, 0.1) is 0 Å². The third-order valence-electron chi connectivity index (χ3n) is 1.76. The number of nitrogens with zero attached hydrogens (tertiary/aromatic N) is 2. The zero-order valence-electron chi connectivity index (χ0n) is 6.58. The van der Waals surface area contributed by atoms with E-state index in [-0.39, 0.29) is 6.03 Å². The molecule has 2 amide bonds. The van der Waals surface area contributed by atoms with E-state index in [0.717, 1.165) is 26.2 Å². The number of nitrogens with one attached hydrogen (secondary N) is 1. The smallest absolute Gasteiger partial charge is 0.317 e. The van der Waals surface area contributed by atoms with Crippen molar-refractivity contribution in [1.29, 1.82) is 0 Å². The highest BCUT2D eigenvalue weighted by molar-refractivity contribution is 7.77. The summed E-state index contributed by atoms with van der Waals surface area (Å²) in [5, 5.41) is 2.59. The van der Waals surface area contributed by atoms with Crippen LogP contribution < -0.4 is 5.32 Å². The normalized spacial score (nSPS) is 20.0. The Bertz CT molecular complexity index is 145. The van der Waals surface area contributed by atoms with Crippen molar-refractivity contribution >= 4 is 18.8 Å². The Balaban J connectivity index is 2.33. The first kappa shape index (κ1) is 8.67. The number of amides is 2. The van der Waals surface area contributed by atoms with Crippen LogP contribution >= 0.6 is 12.8 Å². The Morgan fingerprint density at radius 3 is 2.36 bits per heavy atom. The Morgan fingerprint density at radius 2 is 1.91 bits per heavy atom. The van der Waals surface area contributed by atoms with E-state index in [1.807, 2.05) is 4.31 Å². The number of hydrogen-bond acceptors (Lipinski definition) is 3. The summed E-state index contributed by atoms with van der Waals surface area (Å²) in [6, 6.07) is 0.00596. The zero-order valence-corrected chi connectivity index (χ0v) is 7.47.